The predicted octanol–water partition coefficient (Wildman–Crippen LogP) is 4.21. The van der Waals surface area contributed by atoms with Gasteiger partial charge in [0.15, 0.2) is 9.84 Å². The normalized spacial score (nSPS) is 12.6. The fourth-order valence-electron chi connectivity index (χ4n) is 2.41. The third kappa shape index (κ3) is 5.46. The summed E-state index contributed by atoms with van der Waals surface area (Å²) in [5.74, 6) is -0.129. The molecule has 25 heavy (non-hydrogen) atoms. The number of carbonyl (C=O) groups excluding carboxylic acids is 1. The lowest BCUT2D eigenvalue weighted by atomic mass is 10.1. The monoisotopic (exact) mass is 399 g/mol. The molecule has 134 valence electrons. The lowest BCUT2D eigenvalue weighted by Crippen LogP contribution is -2.26. The number of halogens is 2. The number of hydrogen-bond donors (Lipinski definition) is 1. The molecule has 0 unspecified atom stereocenters. The molecule has 2 aromatic rings. The van der Waals surface area contributed by atoms with Crippen molar-refractivity contribution in [2.45, 2.75) is 30.7 Å². The standard InChI is InChI=1S/C18H19Cl2NO3S/c1-12(13-6-8-14(9-7-13)25(2,23)24)21-18(22)11-10-15-16(19)4-3-5-17(15)20/h3-9,12H,10-11H2,1-2H3,(H,21,22)/t12-/m0/s1. The lowest BCUT2D eigenvalue weighted by Gasteiger charge is -2.15. The second kappa shape index (κ2) is 8.21. The molecule has 0 saturated heterocycles. The molecule has 1 amide bonds. The Kier molecular flexibility index (Phi) is 6.49. The van der Waals surface area contributed by atoms with E-state index in [9.17, 15) is 13.2 Å². The van der Waals surface area contributed by atoms with E-state index in [1.54, 1.807) is 30.3 Å². The SMILES string of the molecule is C[C@H](NC(=O)CCc1c(Cl)cccc1Cl)c1ccc(S(C)(=O)=O)cc1. The van der Waals surface area contributed by atoms with E-state index in [-0.39, 0.29) is 23.3 Å². The first-order valence-corrected chi connectivity index (χ1v) is 10.4. The van der Waals surface area contributed by atoms with Gasteiger partial charge in [-0.1, -0.05) is 41.4 Å². The molecule has 4 nitrogen and oxygen atoms in total. The first-order valence-electron chi connectivity index (χ1n) is 7.70. The smallest absolute Gasteiger partial charge is 0.220 e. The number of amides is 1. The zero-order valence-corrected chi connectivity index (χ0v) is 16.3. The van der Waals surface area contributed by atoms with Crippen LogP contribution in [0, 0.1) is 0 Å². The fraction of sp³-hybridized carbons (Fsp3) is 0.278. The molecule has 2 aromatic carbocycles. The largest absolute Gasteiger partial charge is 0.350 e. The molecule has 0 aliphatic heterocycles. The number of carbonyl (C=O) groups is 1. The Morgan fingerprint density at radius 1 is 1.08 bits per heavy atom. The highest BCUT2D eigenvalue weighted by Gasteiger charge is 2.13. The molecule has 0 fully saturated rings. The van der Waals surface area contributed by atoms with Gasteiger partial charge in [0.2, 0.25) is 5.91 Å². The highest BCUT2D eigenvalue weighted by Crippen LogP contribution is 2.25. The van der Waals surface area contributed by atoms with Gasteiger partial charge in [0.25, 0.3) is 0 Å². The third-order valence-corrected chi connectivity index (χ3v) is 5.69. The molecule has 0 aliphatic rings. The molecule has 0 heterocycles. The van der Waals surface area contributed by atoms with Crippen molar-refractivity contribution in [3.05, 3.63) is 63.6 Å². The van der Waals surface area contributed by atoms with Crippen molar-refractivity contribution >= 4 is 38.9 Å². The average Bonchev–Trinajstić information content (AvgIpc) is 2.53. The summed E-state index contributed by atoms with van der Waals surface area (Å²) in [5, 5.41) is 3.98. The molecule has 2 rings (SSSR count). The van der Waals surface area contributed by atoms with Crippen molar-refractivity contribution in [1.29, 1.82) is 0 Å². The first kappa shape index (κ1) is 19.8. The van der Waals surface area contributed by atoms with Crippen LogP contribution >= 0.6 is 23.2 Å². The zero-order chi connectivity index (χ0) is 18.6. The van der Waals surface area contributed by atoms with E-state index in [1.807, 2.05) is 6.92 Å². The van der Waals surface area contributed by atoms with Gasteiger partial charge < -0.3 is 5.32 Å². The molecular weight excluding hydrogens is 381 g/mol. The van der Waals surface area contributed by atoms with Crippen LogP contribution in [0.3, 0.4) is 0 Å². The predicted molar refractivity (Wildman–Crippen MR) is 101 cm³/mol. The molecule has 7 heteroatoms. The van der Waals surface area contributed by atoms with Gasteiger partial charge in [-0.3, -0.25) is 4.79 Å². The lowest BCUT2D eigenvalue weighted by molar-refractivity contribution is -0.121. The van der Waals surface area contributed by atoms with Crippen molar-refractivity contribution in [3.63, 3.8) is 0 Å². The van der Waals surface area contributed by atoms with E-state index in [0.717, 1.165) is 17.4 Å². The quantitative estimate of drug-likeness (QED) is 0.790. The minimum Gasteiger partial charge on any atom is -0.350 e. The van der Waals surface area contributed by atoms with E-state index < -0.39 is 9.84 Å². The van der Waals surface area contributed by atoms with Gasteiger partial charge in [-0.15, -0.1) is 0 Å². The molecule has 0 saturated carbocycles. The molecule has 0 aliphatic carbocycles. The Morgan fingerprint density at radius 3 is 2.16 bits per heavy atom. The fourth-order valence-corrected chi connectivity index (χ4v) is 3.63. The van der Waals surface area contributed by atoms with Gasteiger partial charge in [-0.25, -0.2) is 8.42 Å². The van der Waals surface area contributed by atoms with E-state index >= 15 is 0 Å². The summed E-state index contributed by atoms with van der Waals surface area (Å²) in [4.78, 5) is 12.4. The Labute approximate surface area is 158 Å². The third-order valence-electron chi connectivity index (χ3n) is 3.85. The molecule has 0 spiro atoms. The van der Waals surface area contributed by atoms with Crippen molar-refractivity contribution in [2.75, 3.05) is 6.26 Å². The average molecular weight is 400 g/mol. The maximum absolute atomic E-state index is 12.2. The second-order valence-corrected chi connectivity index (χ2v) is 8.66. The molecule has 0 aromatic heterocycles. The van der Waals surface area contributed by atoms with Crippen LogP contribution in [0.25, 0.3) is 0 Å². The minimum atomic E-state index is -3.23. The summed E-state index contributed by atoms with van der Waals surface area (Å²) in [7, 11) is -3.23. The molecular formula is C18H19Cl2NO3S. The van der Waals surface area contributed by atoms with E-state index in [1.165, 1.54) is 12.1 Å². The van der Waals surface area contributed by atoms with Crippen molar-refractivity contribution in [1.82, 2.24) is 5.32 Å². The summed E-state index contributed by atoms with van der Waals surface area (Å²) >= 11 is 12.2. The summed E-state index contributed by atoms with van der Waals surface area (Å²) in [6, 6.07) is 11.5. The minimum absolute atomic E-state index is 0.129. The number of benzene rings is 2. The van der Waals surface area contributed by atoms with E-state index in [4.69, 9.17) is 23.2 Å². The van der Waals surface area contributed by atoms with Crippen LogP contribution < -0.4 is 5.32 Å². The number of nitrogens with one attached hydrogen (secondary N) is 1. The van der Waals surface area contributed by atoms with Gasteiger partial charge in [0, 0.05) is 22.7 Å². The van der Waals surface area contributed by atoms with Crippen molar-refractivity contribution in [3.8, 4) is 0 Å². The highest BCUT2D eigenvalue weighted by atomic mass is 35.5. The molecule has 1 atom stereocenters. The maximum Gasteiger partial charge on any atom is 0.220 e. The summed E-state index contributed by atoms with van der Waals surface area (Å²) in [6.45, 7) is 1.84. The Morgan fingerprint density at radius 2 is 1.64 bits per heavy atom. The first-order chi connectivity index (χ1) is 11.7. The van der Waals surface area contributed by atoms with Gasteiger partial charge >= 0.3 is 0 Å². The molecule has 0 bridgehead atoms. The van der Waals surface area contributed by atoms with Crippen LogP contribution in [-0.2, 0) is 21.1 Å². The topological polar surface area (TPSA) is 63.2 Å². The second-order valence-electron chi connectivity index (χ2n) is 5.83. The van der Waals surface area contributed by atoms with Crippen LogP contribution in [0.5, 0.6) is 0 Å². The van der Waals surface area contributed by atoms with Gasteiger partial charge in [0.1, 0.15) is 0 Å². The van der Waals surface area contributed by atoms with Crippen LogP contribution in [0.15, 0.2) is 47.4 Å². The van der Waals surface area contributed by atoms with E-state index in [2.05, 4.69) is 5.32 Å². The van der Waals surface area contributed by atoms with Gasteiger partial charge in [-0.05, 0) is 48.7 Å². The Bertz CT molecular complexity index is 844. The summed E-state index contributed by atoms with van der Waals surface area (Å²) in [5.41, 5.74) is 1.59. The number of sulfone groups is 1. The van der Waals surface area contributed by atoms with Crippen molar-refractivity contribution < 1.29 is 13.2 Å². The Balaban J connectivity index is 1.96. The molecule has 0 radical (unpaired) electrons. The zero-order valence-electron chi connectivity index (χ0n) is 13.9. The maximum atomic E-state index is 12.2. The Hall–Kier alpha value is -1.56. The molecule has 1 N–H and O–H groups in total. The van der Waals surface area contributed by atoms with Crippen LogP contribution in [0.1, 0.15) is 30.5 Å². The van der Waals surface area contributed by atoms with Crippen LogP contribution in [0.4, 0.5) is 0 Å². The van der Waals surface area contributed by atoms with Crippen LogP contribution in [-0.4, -0.2) is 20.6 Å². The van der Waals surface area contributed by atoms with Gasteiger partial charge in [0.05, 0.1) is 10.9 Å². The number of hydrogen-bond acceptors (Lipinski definition) is 3. The van der Waals surface area contributed by atoms with Gasteiger partial charge in [-0.2, -0.15) is 0 Å². The van der Waals surface area contributed by atoms with Crippen molar-refractivity contribution in [2.24, 2.45) is 0 Å². The summed E-state index contributed by atoms with van der Waals surface area (Å²) < 4.78 is 23.0. The summed E-state index contributed by atoms with van der Waals surface area (Å²) in [6.07, 6.45) is 1.87. The van der Waals surface area contributed by atoms with E-state index in [0.29, 0.717) is 16.5 Å². The van der Waals surface area contributed by atoms with Crippen LogP contribution in [0.2, 0.25) is 10.0 Å². The highest BCUT2D eigenvalue weighted by molar-refractivity contribution is 7.90. The number of rotatable bonds is 6.